The molecule has 5 rings (SSSR count). The van der Waals surface area contributed by atoms with Gasteiger partial charge in [-0.3, -0.25) is 14.3 Å². The van der Waals surface area contributed by atoms with Crippen molar-refractivity contribution < 1.29 is 30.7 Å². The van der Waals surface area contributed by atoms with Gasteiger partial charge < -0.3 is 0 Å². The fourth-order valence-electron chi connectivity index (χ4n) is 5.76. The van der Waals surface area contributed by atoms with Crippen molar-refractivity contribution in [2.24, 2.45) is 0 Å². The lowest BCUT2D eigenvalue weighted by atomic mass is 9.75. The van der Waals surface area contributed by atoms with Crippen molar-refractivity contribution in [1.82, 2.24) is 19.5 Å². The van der Waals surface area contributed by atoms with Crippen LogP contribution in [0.4, 0.5) is 30.7 Å². The lowest BCUT2D eigenvalue weighted by Crippen LogP contribution is -2.29. The lowest BCUT2D eigenvalue weighted by molar-refractivity contribution is -0.138. The Labute approximate surface area is 230 Å². The normalized spacial score (nSPS) is 18.1. The molecule has 1 fully saturated rings. The summed E-state index contributed by atoms with van der Waals surface area (Å²) >= 11 is 0. The molecule has 0 bridgehead atoms. The Morgan fingerprint density at radius 2 is 1.66 bits per heavy atom. The zero-order valence-corrected chi connectivity index (χ0v) is 21.9. The van der Waals surface area contributed by atoms with E-state index in [9.17, 15) is 35.5 Å². The van der Waals surface area contributed by atoms with E-state index in [0.717, 1.165) is 28.5 Å². The molecule has 0 spiro atoms. The van der Waals surface area contributed by atoms with Gasteiger partial charge in [0.25, 0.3) is 5.56 Å². The standard InChI is InChI=1S/C29H25F7N4O/c1-16-4-2-6-22(30)25(16)18-9-7-17(8-10-18)20-12-23-26(38-14-19(39-23)13-28(31,32)33)40(27(20)41)15-24-21(29(34,35)36)5-3-11-37-24/h2-6,11-12,14,17-18H,7-10,13,15H2,1H3/t17-,18-. The highest BCUT2D eigenvalue weighted by atomic mass is 19.4. The Bertz CT molecular complexity index is 1620. The van der Waals surface area contributed by atoms with Crippen molar-refractivity contribution in [2.75, 3.05) is 0 Å². The first kappa shape index (κ1) is 28.7. The van der Waals surface area contributed by atoms with Gasteiger partial charge in [-0.05, 0) is 79.8 Å². The van der Waals surface area contributed by atoms with E-state index in [1.165, 1.54) is 18.3 Å². The van der Waals surface area contributed by atoms with Gasteiger partial charge in [-0.2, -0.15) is 26.3 Å². The number of pyridine rings is 2. The van der Waals surface area contributed by atoms with Gasteiger partial charge in [-0.15, -0.1) is 0 Å². The second kappa shape index (κ2) is 10.9. The first-order valence-electron chi connectivity index (χ1n) is 13.0. The molecule has 0 atom stereocenters. The van der Waals surface area contributed by atoms with Crippen LogP contribution in [0.5, 0.6) is 0 Å². The molecule has 0 N–H and O–H groups in total. The number of hydrogen-bond acceptors (Lipinski definition) is 4. The lowest BCUT2D eigenvalue weighted by Gasteiger charge is -2.30. The number of hydrogen-bond donors (Lipinski definition) is 0. The van der Waals surface area contributed by atoms with E-state index < -0.39 is 42.1 Å². The quantitative estimate of drug-likeness (QED) is 0.234. The van der Waals surface area contributed by atoms with Crippen LogP contribution in [0.3, 0.4) is 0 Å². The second-order valence-electron chi connectivity index (χ2n) is 10.4. The zero-order chi connectivity index (χ0) is 29.5. The molecule has 12 heteroatoms. The van der Waals surface area contributed by atoms with Crippen LogP contribution in [0.15, 0.2) is 53.6 Å². The number of halogens is 7. The van der Waals surface area contributed by atoms with E-state index in [4.69, 9.17) is 0 Å². The van der Waals surface area contributed by atoms with E-state index in [1.807, 2.05) is 13.0 Å². The smallest absolute Gasteiger partial charge is 0.285 e. The molecule has 41 heavy (non-hydrogen) atoms. The number of rotatable bonds is 5. The van der Waals surface area contributed by atoms with Crippen LogP contribution in [0.2, 0.25) is 0 Å². The summed E-state index contributed by atoms with van der Waals surface area (Å²) in [6.07, 6.45) is -6.54. The highest BCUT2D eigenvalue weighted by molar-refractivity contribution is 5.71. The Kier molecular flexibility index (Phi) is 7.60. The summed E-state index contributed by atoms with van der Waals surface area (Å²) in [4.78, 5) is 25.7. The number of fused-ring (bicyclic) bond motifs is 1. The first-order valence-corrected chi connectivity index (χ1v) is 13.0. The van der Waals surface area contributed by atoms with Crippen LogP contribution in [0, 0.1) is 12.7 Å². The Balaban J connectivity index is 1.56. The van der Waals surface area contributed by atoms with Gasteiger partial charge in [0.2, 0.25) is 0 Å². The number of benzene rings is 1. The summed E-state index contributed by atoms with van der Waals surface area (Å²) in [5.74, 6) is -0.721. The van der Waals surface area contributed by atoms with Gasteiger partial charge in [0.1, 0.15) is 11.3 Å². The average molecular weight is 579 g/mol. The highest BCUT2D eigenvalue weighted by Crippen LogP contribution is 2.42. The van der Waals surface area contributed by atoms with Gasteiger partial charge >= 0.3 is 12.4 Å². The molecule has 0 unspecified atom stereocenters. The summed E-state index contributed by atoms with van der Waals surface area (Å²) in [6, 6.07) is 8.23. The SMILES string of the molecule is Cc1cccc(F)c1[C@H]1CC[C@H](c2cc3nc(CC(F)(F)F)cnc3n(Cc3ncccc3C(F)(F)F)c2=O)CC1. The molecule has 1 saturated carbocycles. The van der Waals surface area contributed by atoms with Gasteiger partial charge in [0.15, 0.2) is 5.65 Å². The molecular weight excluding hydrogens is 553 g/mol. The molecule has 0 aliphatic heterocycles. The largest absolute Gasteiger partial charge is 0.418 e. The highest BCUT2D eigenvalue weighted by Gasteiger charge is 2.35. The molecule has 0 radical (unpaired) electrons. The fourth-order valence-corrected chi connectivity index (χ4v) is 5.76. The van der Waals surface area contributed by atoms with Gasteiger partial charge in [0, 0.05) is 11.8 Å². The van der Waals surface area contributed by atoms with Crippen molar-refractivity contribution in [1.29, 1.82) is 0 Å². The van der Waals surface area contributed by atoms with E-state index in [2.05, 4.69) is 15.0 Å². The summed E-state index contributed by atoms with van der Waals surface area (Å²) in [7, 11) is 0. The number of aromatic nitrogens is 4. The molecular formula is C29H25F7N4O. The average Bonchev–Trinajstić information content (AvgIpc) is 2.89. The minimum Gasteiger partial charge on any atom is -0.285 e. The van der Waals surface area contributed by atoms with E-state index in [1.54, 1.807) is 6.07 Å². The zero-order valence-electron chi connectivity index (χ0n) is 21.9. The van der Waals surface area contributed by atoms with Crippen molar-refractivity contribution in [3.05, 3.63) is 98.6 Å². The number of aryl methyl sites for hydroxylation is 1. The summed E-state index contributed by atoms with van der Waals surface area (Å²) in [6.45, 7) is 1.23. The Morgan fingerprint density at radius 3 is 2.32 bits per heavy atom. The van der Waals surface area contributed by atoms with Crippen LogP contribution in [0.25, 0.3) is 11.2 Å². The molecule has 0 amide bonds. The molecule has 3 aromatic heterocycles. The number of nitrogens with zero attached hydrogens (tertiary/aromatic N) is 4. The topological polar surface area (TPSA) is 60.7 Å². The summed E-state index contributed by atoms with van der Waals surface area (Å²) in [5.41, 5.74) is -0.952. The maximum atomic E-state index is 14.6. The fraction of sp³-hybridized carbons (Fsp3) is 0.379. The third-order valence-electron chi connectivity index (χ3n) is 7.60. The van der Waals surface area contributed by atoms with E-state index in [0.29, 0.717) is 31.2 Å². The van der Waals surface area contributed by atoms with Crippen LogP contribution >= 0.6 is 0 Å². The van der Waals surface area contributed by atoms with E-state index in [-0.39, 0.29) is 40.1 Å². The molecule has 1 aliphatic rings. The van der Waals surface area contributed by atoms with Crippen molar-refractivity contribution >= 4 is 11.2 Å². The third-order valence-corrected chi connectivity index (χ3v) is 7.60. The van der Waals surface area contributed by atoms with Gasteiger partial charge in [0.05, 0.1) is 36.1 Å². The Morgan fingerprint density at radius 1 is 0.951 bits per heavy atom. The van der Waals surface area contributed by atoms with E-state index >= 15 is 0 Å². The molecule has 1 aliphatic carbocycles. The molecule has 216 valence electrons. The van der Waals surface area contributed by atoms with Crippen LogP contribution < -0.4 is 5.56 Å². The monoisotopic (exact) mass is 578 g/mol. The van der Waals surface area contributed by atoms with Crippen molar-refractivity contribution in [2.45, 2.75) is 69.8 Å². The minimum absolute atomic E-state index is 0.0297. The summed E-state index contributed by atoms with van der Waals surface area (Å²) in [5, 5.41) is 0. The predicted octanol–water partition coefficient (Wildman–Crippen LogP) is 7.25. The predicted molar refractivity (Wildman–Crippen MR) is 137 cm³/mol. The van der Waals surface area contributed by atoms with Gasteiger partial charge in [-0.25, -0.2) is 14.4 Å². The van der Waals surface area contributed by atoms with Crippen LogP contribution in [0.1, 0.15) is 71.2 Å². The maximum absolute atomic E-state index is 14.6. The molecule has 0 saturated heterocycles. The van der Waals surface area contributed by atoms with Crippen LogP contribution in [-0.2, 0) is 19.1 Å². The molecule has 3 heterocycles. The summed E-state index contributed by atoms with van der Waals surface area (Å²) < 4.78 is 95.9. The van der Waals surface area contributed by atoms with Gasteiger partial charge in [-0.1, -0.05) is 12.1 Å². The van der Waals surface area contributed by atoms with Crippen molar-refractivity contribution in [3.8, 4) is 0 Å². The second-order valence-corrected chi connectivity index (χ2v) is 10.4. The molecule has 1 aromatic carbocycles. The van der Waals surface area contributed by atoms with Crippen LogP contribution in [-0.4, -0.2) is 25.7 Å². The molecule has 4 aromatic rings. The third kappa shape index (κ3) is 6.11. The first-order chi connectivity index (χ1) is 19.3. The minimum atomic E-state index is -4.74. The Hall–Kier alpha value is -3.83. The molecule has 5 nitrogen and oxygen atoms in total. The maximum Gasteiger partial charge on any atom is 0.418 e. The number of alkyl halides is 6. The van der Waals surface area contributed by atoms with Crippen molar-refractivity contribution in [3.63, 3.8) is 0 Å².